The number of hydrogen-bond donors (Lipinski definition) is 2. The van der Waals surface area contributed by atoms with E-state index in [1.165, 1.54) is 20.8 Å². The minimum atomic E-state index is -3.37. The molecule has 8 nitrogen and oxygen atoms in total. The van der Waals surface area contributed by atoms with Crippen molar-refractivity contribution in [2.24, 2.45) is 5.73 Å². The Morgan fingerprint density at radius 2 is 1.78 bits per heavy atom. The smallest absolute Gasteiger partial charge is 0.414 e. The van der Waals surface area contributed by atoms with Gasteiger partial charge in [-0.05, 0) is 48.1 Å². The number of aliphatic hydroxyl groups is 1. The standard InChI is InChI=1S/C17H32F2N2O6/c1-7-25-13(22)12(10-17(18,19)8-9-20)21(14(23)26-11(2)3)15(24)27-16(4,5)6/h11-12,15,24H,7-10,20H2,1-6H3/t12-,15?/m0/s1. The highest BCUT2D eigenvalue weighted by Gasteiger charge is 2.45. The molecule has 0 aliphatic rings. The van der Waals surface area contributed by atoms with Gasteiger partial charge in [0.2, 0.25) is 6.41 Å². The number of hydrogen-bond acceptors (Lipinski definition) is 7. The van der Waals surface area contributed by atoms with E-state index < -0.39 is 55.0 Å². The molecule has 0 saturated heterocycles. The molecule has 2 atom stereocenters. The molecule has 0 aromatic carbocycles. The van der Waals surface area contributed by atoms with Crippen molar-refractivity contribution in [3.8, 4) is 0 Å². The van der Waals surface area contributed by atoms with Gasteiger partial charge in [-0.3, -0.25) is 0 Å². The van der Waals surface area contributed by atoms with Crippen LogP contribution in [0.2, 0.25) is 0 Å². The molecule has 0 aliphatic carbocycles. The predicted octanol–water partition coefficient (Wildman–Crippen LogP) is 2.23. The van der Waals surface area contributed by atoms with Crippen molar-refractivity contribution in [3.63, 3.8) is 0 Å². The second-order valence-corrected chi connectivity index (χ2v) is 7.26. The van der Waals surface area contributed by atoms with Crippen molar-refractivity contribution in [2.75, 3.05) is 13.2 Å². The van der Waals surface area contributed by atoms with Gasteiger partial charge in [0.1, 0.15) is 6.04 Å². The molecule has 3 N–H and O–H groups in total. The summed E-state index contributed by atoms with van der Waals surface area (Å²) >= 11 is 0. The number of rotatable bonds is 10. The molecular weight excluding hydrogens is 366 g/mol. The summed E-state index contributed by atoms with van der Waals surface area (Å²) in [7, 11) is 0. The van der Waals surface area contributed by atoms with Gasteiger partial charge in [0.25, 0.3) is 5.92 Å². The van der Waals surface area contributed by atoms with Gasteiger partial charge in [0, 0.05) is 12.8 Å². The lowest BCUT2D eigenvalue weighted by Crippen LogP contribution is -2.56. The van der Waals surface area contributed by atoms with Crippen LogP contribution in [0.5, 0.6) is 0 Å². The molecule has 0 radical (unpaired) electrons. The first-order valence-corrected chi connectivity index (χ1v) is 8.83. The molecule has 1 unspecified atom stereocenters. The van der Waals surface area contributed by atoms with Gasteiger partial charge < -0.3 is 25.1 Å². The summed E-state index contributed by atoms with van der Waals surface area (Å²) in [6.07, 6.45) is -5.59. The van der Waals surface area contributed by atoms with E-state index in [-0.39, 0.29) is 13.2 Å². The molecule has 0 rings (SSSR count). The fourth-order valence-corrected chi connectivity index (χ4v) is 2.14. The molecule has 10 heteroatoms. The summed E-state index contributed by atoms with van der Waals surface area (Å²) in [5, 5.41) is 10.4. The predicted molar refractivity (Wildman–Crippen MR) is 94.0 cm³/mol. The average Bonchev–Trinajstić information content (AvgIpc) is 2.43. The summed E-state index contributed by atoms with van der Waals surface area (Å²) in [5.74, 6) is -4.48. The number of amides is 1. The molecule has 0 aromatic heterocycles. The van der Waals surface area contributed by atoms with Crippen LogP contribution in [0.4, 0.5) is 13.6 Å². The van der Waals surface area contributed by atoms with Crippen LogP contribution in [-0.2, 0) is 19.0 Å². The Morgan fingerprint density at radius 1 is 1.22 bits per heavy atom. The van der Waals surface area contributed by atoms with Crippen molar-refractivity contribution in [3.05, 3.63) is 0 Å². The molecule has 0 bridgehead atoms. The van der Waals surface area contributed by atoms with E-state index in [1.54, 1.807) is 20.8 Å². The second kappa shape index (κ2) is 10.7. The maximum absolute atomic E-state index is 14.2. The first-order valence-electron chi connectivity index (χ1n) is 8.83. The molecule has 0 fully saturated rings. The van der Waals surface area contributed by atoms with E-state index in [0.29, 0.717) is 4.90 Å². The highest BCUT2D eigenvalue weighted by atomic mass is 19.3. The molecule has 0 aromatic rings. The Morgan fingerprint density at radius 3 is 2.19 bits per heavy atom. The zero-order valence-corrected chi connectivity index (χ0v) is 16.8. The molecule has 0 heterocycles. The number of halogens is 2. The van der Waals surface area contributed by atoms with E-state index >= 15 is 0 Å². The number of carbonyl (C=O) groups excluding carboxylic acids is 2. The van der Waals surface area contributed by atoms with E-state index in [0.717, 1.165) is 0 Å². The summed E-state index contributed by atoms with van der Waals surface area (Å²) in [6.45, 7) is 8.91. The van der Waals surface area contributed by atoms with Gasteiger partial charge in [-0.2, -0.15) is 0 Å². The Labute approximate surface area is 158 Å². The summed E-state index contributed by atoms with van der Waals surface area (Å²) in [5.41, 5.74) is 4.26. The third kappa shape index (κ3) is 9.83. The topological polar surface area (TPSA) is 111 Å². The second-order valence-electron chi connectivity index (χ2n) is 7.26. The van der Waals surface area contributed by atoms with Gasteiger partial charge >= 0.3 is 12.1 Å². The number of aliphatic hydroxyl groups excluding tert-OH is 1. The number of ether oxygens (including phenoxy) is 3. The minimum Gasteiger partial charge on any atom is -0.464 e. The SMILES string of the molecule is CCOC(=O)[C@H](CC(F)(F)CCN)N(C(=O)OC(C)C)C(O)OC(C)(C)C. The number of esters is 1. The van der Waals surface area contributed by atoms with Crippen molar-refractivity contribution in [1.29, 1.82) is 0 Å². The van der Waals surface area contributed by atoms with Crippen molar-refractivity contribution < 1.29 is 37.7 Å². The van der Waals surface area contributed by atoms with Crippen LogP contribution < -0.4 is 5.73 Å². The largest absolute Gasteiger partial charge is 0.464 e. The maximum atomic E-state index is 14.2. The van der Waals surface area contributed by atoms with Crippen LogP contribution in [0, 0.1) is 0 Å². The number of nitrogens with two attached hydrogens (primary N) is 1. The minimum absolute atomic E-state index is 0.0961. The Balaban J connectivity index is 5.91. The monoisotopic (exact) mass is 398 g/mol. The first kappa shape index (κ1) is 25.5. The molecule has 0 saturated carbocycles. The maximum Gasteiger partial charge on any atom is 0.414 e. The molecule has 27 heavy (non-hydrogen) atoms. The normalized spacial score (nSPS) is 14.6. The van der Waals surface area contributed by atoms with E-state index in [2.05, 4.69) is 0 Å². The lowest BCUT2D eigenvalue weighted by atomic mass is 10.0. The van der Waals surface area contributed by atoms with Crippen LogP contribution in [0.3, 0.4) is 0 Å². The van der Waals surface area contributed by atoms with Gasteiger partial charge in [-0.15, -0.1) is 0 Å². The Kier molecular flexibility index (Phi) is 10.1. The lowest BCUT2D eigenvalue weighted by molar-refractivity contribution is -0.243. The molecule has 0 aliphatic heterocycles. The van der Waals surface area contributed by atoms with Crippen molar-refractivity contribution in [1.82, 2.24) is 4.90 Å². The summed E-state index contributed by atoms with van der Waals surface area (Å²) < 4.78 is 43.5. The number of nitrogens with zero attached hydrogens (tertiary/aromatic N) is 1. The highest BCUT2D eigenvalue weighted by molar-refractivity contribution is 5.81. The van der Waals surface area contributed by atoms with Gasteiger partial charge in [0.05, 0.1) is 18.3 Å². The fourth-order valence-electron chi connectivity index (χ4n) is 2.14. The molecule has 1 amide bonds. The van der Waals surface area contributed by atoms with Gasteiger partial charge in [-0.25, -0.2) is 23.3 Å². The zero-order valence-electron chi connectivity index (χ0n) is 16.8. The van der Waals surface area contributed by atoms with Crippen molar-refractivity contribution in [2.45, 2.75) is 84.5 Å². The third-order valence-corrected chi connectivity index (χ3v) is 3.14. The van der Waals surface area contributed by atoms with Crippen LogP contribution in [0.15, 0.2) is 0 Å². The first-order chi connectivity index (χ1) is 12.2. The molecular formula is C17H32F2N2O6. The molecule has 160 valence electrons. The quantitative estimate of drug-likeness (QED) is 0.429. The van der Waals surface area contributed by atoms with Crippen LogP contribution in [0.25, 0.3) is 0 Å². The van der Waals surface area contributed by atoms with Gasteiger partial charge in [0.15, 0.2) is 0 Å². The lowest BCUT2D eigenvalue weighted by Gasteiger charge is -2.37. The summed E-state index contributed by atoms with van der Waals surface area (Å²) in [6, 6.07) is -1.82. The fraction of sp³-hybridized carbons (Fsp3) is 0.882. The Bertz CT molecular complexity index is 483. The zero-order chi connectivity index (χ0) is 21.4. The number of carbonyl (C=O) groups is 2. The molecule has 0 spiro atoms. The van der Waals surface area contributed by atoms with E-state index in [9.17, 15) is 23.5 Å². The Hall–Kier alpha value is -1.52. The summed E-state index contributed by atoms with van der Waals surface area (Å²) in [4.78, 5) is 25.2. The van der Waals surface area contributed by atoms with Gasteiger partial charge in [-0.1, -0.05) is 0 Å². The number of alkyl halides is 2. The van der Waals surface area contributed by atoms with Crippen molar-refractivity contribution >= 4 is 12.1 Å². The average molecular weight is 398 g/mol. The van der Waals surface area contributed by atoms with E-state index in [4.69, 9.17) is 19.9 Å². The third-order valence-electron chi connectivity index (χ3n) is 3.14. The van der Waals surface area contributed by atoms with E-state index in [1.807, 2.05) is 0 Å². The highest BCUT2D eigenvalue weighted by Crippen LogP contribution is 2.29. The van der Waals surface area contributed by atoms with Crippen LogP contribution >= 0.6 is 0 Å². The van der Waals surface area contributed by atoms with Crippen LogP contribution in [0.1, 0.15) is 54.4 Å². The van der Waals surface area contributed by atoms with Crippen LogP contribution in [-0.4, -0.2) is 65.3 Å².